The van der Waals surface area contributed by atoms with Crippen LogP contribution < -0.4 is 9.47 Å². The molecule has 1 aliphatic heterocycles. The van der Waals surface area contributed by atoms with Crippen molar-refractivity contribution >= 4 is 17.2 Å². The molecule has 5 nitrogen and oxygen atoms in total. The molecule has 0 bridgehead atoms. The highest BCUT2D eigenvalue weighted by Gasteiger charge is 2.14. The van der Waals surface area contributed by atoms with Crippen molar-refractivity contribution in [2.75, 3.05) is 26.3 Å². The molecule has 0 saturated carbocycles. The lowest BCUT2D eigenvalue weighted by Crippen LogP contribution is -2.40. The van der Waals surface area contributed by atoms with Gasteiger partial charge in [-0.15, -0.1) is 0 Å². The van der Waals surface area contributed by atoms with Crippen molar-refractivity contribution in [1.82, 2.24) is 9.88 Å². The van der Waals surface area contributed by atoms with Crippen LogP contribution in [0, 0.1) is 6.92 Å². The van der Waals surface area contributed by atoms with Gasteiger partial charge >= 0.3 is 0 Å². The molecule has 0 aliphatic carbocycles. The molecule has 0 atom stereocenters. The quantitative estimate of drug-likeness (QED) is 0.490. The summed E-state index contributed by atoms with van der Waals surface area (Å²) in [7, 11) is 0. The summed E-state index contributed by atoms with van der Waals surface area (Å²) < 4.78 is 17.2. The number of aryl methyl sites for hydroxylation is 1. The van der Waals surface area contributed by atoms with Gasteiger partial charge in [0, 0.05) is 31.8 Å². The second-order valence-corrected chi connectivity index (χ2v) is 7.95. The maximum atomic E-state index is 5.94. The maximum Gasteiger partial charge on any atom is 0.219 e. The number of rotatable bonds is 7. The molecule has 0 radical (unpaired) electrons. The third-order valence-electron chi connectivity index (χ3n) is 5.12. The Morgan fingerprint density at radius 1 is 1.03 bits per heavy atom. The monoisotopic (exact) mass is 434 g/mol. The summed E-state index contributed by atoms with van der Waals surface area (Å²) >= 11 is 5.57. The van der Waals surface area contributed by atoms with Gasteiger partial charge in [-0.05, 0) is 41.8 Å². The summed E-state index contributed by atoms with van der Waals surface area (Å²) in [6, 6.07) is 19.8. The van der Waals surface area contributed by atoms with Crippen molar-refractivity contribution < 1.29 is 14.2 Å². The normalized spacial score (nSPS) is 13.6. The van der Waals surface area contributed by atoms with Gasteiger partial charge < -0.3 is 19.1 Å². The van der Waals surface area contributed by atoms with Crippen LogP contribution >= 0.6 is 12.2 Å². The molecule has 1 saturated heterocycles. The Kier molecular flexibility index (Phi) is 7.12. The number of morpholine rings is 1. The van der Waals surface area contributed by atoms with Gasteiger partial charge in [0.1, 0.15) is 18.1 Å². The predicted octanol–water partition coefficient (Wildman–Crippen LogP) is 4.96. The van der Waals surface area contributed by atoms with Crippen molar-refractivity contribution in [3.63, 3.8) is 0 Å². The van der Waals surface area contributed by atoms with Crippen molar-refractivity contribution in [3.05, 3.63) is 83.6 Å². The zero-order chi connectivity index (χ0) is 21.5. The van der Waals surface area contributed by atoms with E-state index in [1.165, 1.54) is 0 Å². The van der Waals surface area contributed by atoms with Crippen molar-refractivity contribution in [2.24, 2.45) is 0 Å². The predicted molar refractivity (Wildman–Crippen MR) is 125 cm³/mol. The van der Waals surface area contributed by atoms with E-state index >= 15 is 0 Å². The van der Waals surface area contributed by atoms with E-state index < -0.39 is 0 Å². The third-order valence-corrected chi connectivity index (χ3v) is 5.53. The minimum absolute atomic E-state index is 0.539. The number of benzene rings is 2. The van der Waals surface area contributed by atoms with Crippen LogP contribution in [0.5, 0.6) is 17.4 Å². The van der Waals surface area contributed by atoms with E-state index in [9.17, 15) is 0 Å². The molecule has 1 aromatic heterocycles. The van der Waals surface area contributed by atoms with Crippen LogP contribution in [0.2, 0.25) is 0 Å². The molecular formula is C25H26N2O3S. The SMILES string of the molecule is Cc1cc(Oc2ccc(CC(=S)N3CCOCC3)cn2)ccc1OCc1ccccc1. The van der Waals surface area contributed by atoms with Gasteiger partial charge in [0.05, 0.1) is 18.2 Å². The number of nitrogens with zero attached hydrogens (tertiary/aromatic N) is 2. The van der Waals surface area contributed by atoms with Crippen molar-refractivity contribution in [3.8, 4) is 17.4 Å². The molecule has 0 N–H and O–H groups in total. The van der Waals surface area contributed by atoms with Crippen LogP contribution in [-0.4, -0.2) is 41.2 Å². The standard InChI is InChI=1S/C25H26N2O3S/c1-19-15-22(8-9-23(19)29-18-20-5-3-2-4-6-20)30-24-10-7-21(17-26-24)16-25(31)27-11-13-28-14-12-27/h2-10,15,17H,11-14,16,18H2,1H3. The van der Waals surface area contributed by atoms with Crippen molar-refractivity contribution in [1.29, 1.82) is 0 Å². The molecule has 3 aromatic rings. The minimum Gasteiger partial charge on any atom is -0.489 e. The first kappa shape index (κ1) is 21.3. The average molecular weight is 435 g/mol. The van der Waals surface area contributed by atoms with Gasteiger partial charge in [-0.1, -0.05) is 48.6 Å². The lowest BCUT2D eigenvalue weighted by atomic mass is 10.2. The molecular weight excluding hydrogens is 408 g/mol. The topological polar surface area (TPSA) is 43.8 Å². The first-order chi connectivity index (χ1) is 15.2. The Morgan fingerprint density at radius 2 is 1.84 bits per heavy atom. The van der Waals surface area contributed by atoms with Gasteiger partial charge in [0.25, 0.3) is 0 Å². The second kappa shape index (κ2) is 10.4. The van der Waals surface area contributed by atoms with E-state index in [0.717, 1.165) is 59.5 Å². The molecule has 4 rings (SSSR count). The van der Waals surface area contributed by atoms with Gasteiger partial charge in [-0.25, -0.2) is 4.98 Å². The molecule has 2 aromatic carbocycles. The number of thiocarbonyl (C=S) groups is 1. The van der Waals surface area contributed by atoms with Crippen LogP contribution in [0.25, 0.3) is 0 Å². The summed E-state index contributed by atoms with van der Waals surface area (Å²) in [5, 5.41) is 0. The molecule has 1 aliphatic rings. The fraction of sp³-hybridized carbons (Fsp3) is 0.280. The second-order valence-electron chi connectivity index (χ2n) is 7.48. The fourth-order valence-electron chi connectivity index (χ4n) is 3.38. The zero-order valence-corrected chi connectivity index (χ0v) is 18.4. The molecule has 6 heteroatoms. The van der Waals surface area contributed by atoms with E-state index in [-0.39, 0.29) is 0 Å². The van der Waals surface area contributed by atoms with E-state index in [1.54, 1.807) is 0 Å². The number of pyridine rings is 1. The summed E-state index contributed by atoms with van der Waals surface area (Å²) in [4.78, 5) is 7.58. The molecule has 0 spiro atoms. The number of aromatic nitrogens is 1. The van der Waals surface area contributed by atoms with Gasteiger partial charge in [-0.3, -0.25) is 0 Å². The fourth-order valence-corrected chi connectivity index (χ4v) is 3.73. The Hall–Kier alpha value is -2.96. The summed E-state index contributed by atoms with van der Waals surface area (Å²) in [5.74, 6) is 2.13. The first-order valence-electron chi connectivity index (χ1n) is 10.4. The van der Waals surface area contributed by atoms with Crippen LogP contribution in [0.3, 0.4) is 0 Å². The largest absolute Gasteiger partial charge is 0.489 e. The smallest absolute Gasteiger partial charge is 0.219 e. The highest BCUT2D eigenvalue weighted by atomic mass is 32.1. The Morgan fingerprint density at radius 3 is 2.55 bits per heavy atom. The highest BCUT2D eigenvalue weighted by Crippen LogP contribution is 2.27. The van der Waals surface area contributed by atoms with E-state index in [1.807, 2.05) is 61.7 Å². The third kappa shape index (κ3) is 6.03. The van der Waals surface area contributed by atoms with E-state index in [4.69, 9.17) is 26.4 Å². The molecule has 0 unspecified atom stereocenters. The summed E-state index contributed by atoms with van der Waals surface area (Å²) in [6.45, 7) is 5.74. The zero-order valence-electron chi connectivity index (χ0n) is 17.6. The Balaban J connectivity index is 1.32. The molecule has 31 heavy (non-hydrogen) atoms. The number of hydrogen-bond donors (Lipinski definition) is 0. The average Bonchev–Trinajstić information content (AvgIpc) is 2.81. The van der Waals surface area contributed by atoms with E-state index in [2.05, 4.69) is 22.0 Å². The lowest BCUT2D eigenvalue weighted by Gasteiger charge is -2.29. The molecule has 0 amide bonds. The van der Waals surface area contributed by atoms with Crippen LogP contribution in [0.15, 0.2) is 66.9 Å². The lowest BCUT2D eigenvalue weighted by molar-refractivity contribution is 0.0684. The van der Waals surface area contributed by atoms with Gasteiger partial charge in [-0.2, -0.15) is 0 Å². The van der Waals surface area contributed by atoms with Crippen molar-refractivity contribution in [2.45, 2.75) is 20.0 Å². The highest BCUT2D eigenvalue weighted by molar-refractivity contribution is 7.80. The van der Waals surface area contributed by atoms with E-state index in [0.29, 0.717) is 18.9 Å². The molecule has 160 valence electrons. The molecule has 2 heterocycles. The minimum atomic E-state index is 0.539. The van der Waals surface area contributed by atoms with Gasteiger partial charge in [0.2, 0.25) is 5.88 Å². The first-order valence-corrected chi connectivity index (χ1v) is 10.8. The molecule has 1 fully saturated rings. The van der Waals surface area contributed by atoms with Gasteiger partial charge in [0.15, 0.2) is 0 Å². The maximum absolute atomic E-state index is 5.94. The Bertz CT molecular complexity index is 1000. The summed E-state index contributed by atoms with van der Waals surface area (Å²) in [5.41, 5.74) is 3.23. The van der Waals surface area contributed by atoms with Crippen LogP contribution in [0.1, 0.15) is 16.7 Å². The number of hydrogen-bond acceptors (Lipinski definition) is 5. The Labute approximate surface area is 188 Å². The van der Waals surface area contributed by atoms with Crippen LogP contribution in [-0.2, 0) is 17.8 Å². The summed E-state index contributed by atoms with van der Waals surface area (Å²) in [6.07, 6.45) is 2.53. The van der Waals surface area contributed by atoms with Crippen LogP contribution in [0.4, 0.5) is 0 Å². The number of ether oxygens (including phenoxy) is 3.